The van der Waals surface area contributed by atoms with Gasteiger partial charge in [-0.2, -0.15) is 0 Å². The molecule has 0 radical (unpaired) electrons. The summed E-state index contributed by atoms with van der Waals surface area (Å²) in [7, 11) is 0. The number of rotatable bonds is 8. The lowest BCUT2D eigenvalue weighted by atomic mass is 9.95. The molecule has 0 saturated heterocycles. The van der Waals surface area contributed by atoms with E-state index in [0.717, 1.165) is 61.8 Å². The van der Waals surface area contributed by atoms with Gasteiger partial charge in [-0.25, -0.2) is 0 Å². The van der Waals surface area contributed by atoms with Gasteiger partial charge in [-0.1, -0.05) is 19.4 Å². The predicted molar refractivity (Wildman–Crippen MR) is 110 cm³/mol. The molecular formula is C21H31N7. The van der Waals surface area contributed by atoms with E-state index in [0.29, 0.717) is 6.04 Å². The lowest BCUT2D eigenvalue weighted by Crippen LogP contribution is -2.46. The van der Waals surface area contributed by atoms with Crippen molar-refractivity contribution in [2.45, 2.75) is 58.0 Å². The zero-order valence-corrected chi connectivity index (χ0v) is 16.7. The molecular weight excluding hydrogens is 350 g/mol. The van der Waals surface area contributed by atoms with Gasteiger partial charge in [0.05, 0.1) is 0 Å². The summed E-state index contributed by atoms with van der Waals surface area (Å²) in [6, 6.07) is 6.61. The molecule has 0 spiro atoms. The van der Waals surface area contributed by atoms with Gasteiger partial charge < -0.3 is 15.2 Å². The summed E-state index contributed by atoms with van der Waals surface area (Å²) in [5.74, 6) is 3.69. The molecule has 3 unspecified atom stereocenters. The van der Waals surface area contributed by atoms with E-state index in [2.05, 4.69) is 43.4 Å². The fourth-order valence-corrected chi connectivity index (χ4v) is 4.61. The van der Waals surface area contributed by atoms with E-state index in [9.17, 15) is 0 Å². The zero-order chi connectivity index (χ0) is 19.2. The van der Waals surface area contributed by atoms with Crippen LogP contribution >= 0.6 is 0 Å². The third-order valence-corrected chi connectivity index (χ3v) is 6.08. The van der Waals surface area contributed by atoms with E-state index in [-0.39, 0.29) is 0 Å². The Hall–Kier alpha value is -2.44. The molecule has 2 aromatic rings. The summed E-state index contributed by atoms with van der Waals surface area (Å²) in [5.41, 5.74) is 1.09. The van der Waals surface area contributed by atoms with E-state index in [1.807, 2.05) is 24.7 Å². The molecule has 0 aliphatic heterocycles. The van der Waals surface area contributed by atoms with Crippen LogP contribution < -0.4 is 10.6 Å². The van der Waals surface area contributed by atoms with Gasteiger partial charge in [0.1, 0.15) is 12.2 Å². The van der Waals surface area contributed by atoms with E-state index in [4.69, 9.17) is 4.99 Å². The maximum Gasteiger partial charge on any atom is 0.191 e. The number of fused-ring (bicyclic) bond motifs is 2. The summed E-state index contributed by atoms with van der Waals surface area (Å²) in [4.78, 5) is 9.24. The van der Waals surface area contributed by atoms with Crippen LogP contribution in [0.2, 0.25) is 0 Å². The highest BCUT2D eigenvalue weighted by atomic mass is 15.3. The number of guanidine groups is 1. The van der Waals surface area contributed by atoms with E-state index in [1.54, 1.807) is 0 Å². The van der Waals surface area contributed by atoms with E-state index >= 15 is 0 Å². The highest BCUT2D eigenvalue weighted by molar-refractivity contribution is 5.80. The SMILES string of the molecule is CCc1nncn1CCNC(=NCCc1ccccn1)NC1CC2CCC1C2. The predicted octanol–water partition coefficient (Wildman–Crippen LogP) is 2.20. The van der Waals surface area contributed by atoms with Crippen molar-refractivity contribution < 1.29 is 0 Å². The van der Waals surface area contributed by atoms with Crippen LogP contribution in [0, 0.1) is 11.8 Å². The molecule has 2 N–H and O–H groups in total. The van der Waals surface area contributed by atoms with Crippen LogP contribution in [0.15, 0.2) is 35.7 Å². The van der Waals surface area contributed by atoms with Gasteiger partial charge in [-0.15, -0.1) is 10.2 Å². The molecule has 2 aliphatic carbocycles. The Kier molecular flexibility index (Phi) is 6.19. The summed E-state index contributed by atoms with van der Waals surface area (Å²) in [5, 5.41) is 15.4. The second-order valence-electron chi connectivity index (χ2n) is 7.95. The number of aryl methyl sites for hydroxylation is 1. The Morgan fingerprint density at radius 1 is 1.29 bits per heavy atom. The van der Waals surface area contributed by atoms with Gasteiger partial charge in [0.25, 0.3) is 0 Å². The largest absolute Gasteiger partial charge is 0.355 e. The minimum Gasteiger partial charge on any atom is -0.355 e. The topological polar surface area (TPSA) is 80.0 Å². The summed E-state index contributed by atoms with van der Waals surface area (Å²) < 4.78 is 2.11. The molecule has 2 bridgehead atoms. The molecule has 4 rings (SSSR count). The Balaban J connectivity index is 1.33. The normalized spacial score (nSPS) is 23.9. The fraction of sp³-hybridized carbons (Fsp3) is 0.619. The minimum absolute atomic E-state index is 0.570. The van der Waals surface area contributed by atoms with Crippen LogP contribution in [-0.4, -0.2) is 44.8 Å². The number of nitrogens with zero attached hydrogens (tertiary/aromatic N) is 5. The number of nitrogens with one attached hydrogen (secondary N) is 2. The molecule has 2 aromatic heterocycles. The highest BCUT2D eigenvalue weighted by Crippen LogP contribution is 2.44. The smallest absolute Gasteiger partial charge is 0.191 e. The lowest BCUT2D eigenvalue weighted by molar-refractivity contribution is 0.387. The summed E-state index contributed by atoms with van der Waals surface area (Å²) in [6.45, 7) is 4.49. The van der Waals surface area contributed by atoms with Crippen LogP contribution in [0.5, 0.6) is 0 Å². The van der Waals surface area contributed by atoms with Gasteiger partial charge in [-0.05, 0) is 43.2 Å². The van der Waals surface area contributed by atoms with Gasteiger partial charge in [0.15, 0.2) is 5.96 Å². The maximum absolute atomic E-state index is 4.84. The Morgan fingerprint density at radius 3 is 3.00 bits per heavy atom. The van der Waals surface area contributed by atoms with Crippen molar-refractivity contribution in [3.8, 4) is 0 Å². The van der Waals surface area contributed by atoms with Crippen LogP contribution in [0.3, 0.4) is 0 Å². The van der Waals surface area contributed by atoms with Crippen molar-refractivity contribution in [2.75, 3.05) is 13.1 Å². The van der Waals surface area contributed by atoms with Crippen molar-refractivity contribution >= 4 is 5.96 Å². The van der Waals surface area contributed by atoms with E-state index < -0.39 is 0 Å². The average Bonchev–Trinajstić information content (AvgIpc) is 3.45. The van der Waals surface area contributed by atoms with Crippen LogP contribution in [-0.2, 0) is 19.4 Å². The number of pyridine rings is 1. The van der Waals surface area contributed by atoms with Gasteiger partial charge >= 0.3 is 0 Å². The monoisotopic (exact) mass is 381 g/mol. The van der Waals surface area contributed by atoms with Gasteiger partial charge in [0, 0.05) is 50.4 Å². The zero-order valence-electron chi connectivity index (χ0n) is 16.7. The highest BCUT2D eigenvalue weighted by Gasteiger charge is 2.39. The lowest BCUT2D eigenvalue weighted by Gasteiger charge is -2.25. The molecule has 2 heterocycles. The molecule has 150 valence electrons. The van der Waals surface area contributed by atoms with Gasteiger partial charge in [-0.3, -0.25) is 9.98 Å². The first-order chi connectivity index (χ1) is 13.8. The number of aromatic nitrogens is 4. The second-order valence-corrected chi connectivity index (χ2v) is 7.95. The van der Waals surface area contributed by atoms with Crippen molar-refractivity contribution in [3.63, 3.8) is 0 Å². The van der Waals surface area contributed by atoms with Crippen LogP contribution in [0.1, 0.15) is 44.1 Å². The quantitative estimate of drug-likeness (QED) is 0.541. The molecule has 2 saturated carbocycles. The van der Waals surface area contributed by atoms with Crippen molar-refractivity contribution in [1.82, 2.24) is 30.4 Å². The summed E-state index contributed by atoms with van der Waals surface area (Å²) >= 11 is 0. The molecule has 3 atom stereocenters. The number of hydrogen-bond donors (Lipinski definition) is 2. The van der Waals surface area contributed by atoms with Gasteiger partial charge in [0.2, 0.25) is 0 Å². The van der Waals surface area contributed by atoms with Crippen LogP contribution in [0.25, 0.3) is 0 Å². The Morgan fingerprint density at radius 2 is 2.25 bits per heavy atom. The molecule has 2 fully saturated rings. The third kappa shape index (κ3) is 4.69. The molecule has 0 aromatic carbocycles. The first-order valence-corrected chi connectivity index (χ1v) is 10.6. The van der Waals surface area contributed by atoms with Crippen molar-refractivity contribution in [1.29, 1.82) is 0 Å². The molecule has 7 heteroatoms. The van der Waals surface area contributed by atoms with Crippen LogP contribution in [0.4, 0.5) is 0 Å². The molecule has 2 aliphatic rings. The molecule has 28 heavy (non-hydrogen) atoms. The number of aliphatic imine (C=N–C) groups is 1. The maximum atomic E-state index is 4.84. The fourth-order valence-electron chi connectivity index (χ4n) is 4.61. The third-order valence-electron chi connectivity index (χ3n) is 6.08. The van der Waals surface area contributed by atoms with Crippen molar-refractivity contribution in [2.24, 2.45) is 16.8 Å². The minimum atomic E-state index is 0.570. The first kappa shape index (κ1) is 18.9. The Labute approximate surface area is 167 Å². The Bertz CT molecular complexity index is 770. The molecule has 7 nitrogen and oxygen atoms in total. The average molecular weight is 382 g/mol. The summed E-state index contributed by atoms with van der Waals surface area (Å²) in [6.07, 6.45) is 10.9. The van der Waals surface area contributed by atoms with E-state index in [1.165, 1.54) is 25.7 Å². The van der Waals surface area contributed by atoms with Crippen molar-refractivity contribution in [3.05, 3.63) is 42.2 Å². The molecule has 0 amide bonds. The standard InChI is InChI=1S/C21H31N7/c1-2-20-27-25-15-28(20)12-11-24-21(23-10-8-18-5-3-4-9-22-18)26-19-14-16-6-7-17(19)13-16/h3-5,9,15-17,19H,2,6-8,10-14H2,1H3,(H2,23,24,26). The first-order valence-electron chi connectivity index (χ1n) is 10.6. The number of hydrogen-bond acceptors (Lipinski definition) is 4. The second kappa shape index (κ2) is 9.17.